The molecule has 0 saturated carbocycles. The quantitative estimate of drug-likeness (QED) is 0.716. The zero-order valence-corrected chi connectivity index (χ0v) is 15.2. The minimum absolute atomic E-state index is 0.0434. The van der Waals surface area contributed by atoms with E-state index in [1.165, 1.54) is 0 Å². The summed E-state index contributed by atoms with van der Waals surface area (Å²) in [6.45, 7) is 4.05. The van der Waals surface area contributed by atoms with Gasteiger partial charge in [0.1, 0.15) is 5.75 Å². The van der Waals surface area contributed by atoms with Gasteiger partial charge < -0.3 is 10.2 Å². The second kappa shape index (κ2) is 7.91. The molecular formula is C19H20Cl2O3. The third kappa shape index (κ3) is 4.65. The highest BCUT2D eigenvalue weighted by atomic mass is 35.5. The molecule has 128 valence electrons. The number of aryl methyl sites for hydroxylation is 1. The van der Waals surface area contributed by atoms with Crippen molar-refractivity contribution >= 4 is 29.2 Å². The Balaban J connectivity index is 2.27. The van der Waals surface area contributed by atoms with E-state index in [0.717, 1.165) is 22.3 Å². The van der Waals surface area contributed by atoms with Crippen molar-refractivity contribution in [2.45, 2.75) is 39.0 Å². The Morgan fingerprint density at radius 2 is 1.71 bits per heavy atom. The molecule has 0 atom stereocenters. The zero-order chi connectivity index (χ0) is 17.9. The number of hydrogen-bond acceptors (Lipinski definition) is 2. The van der Waals surface area contributed by atoms with Crippen LogP contribution in [0.15, 0.2) is 30.3 Å². The number of carbonyl (C=O) groups is 1. The molecule has 0 fully saturated rings. The van der Waals surface area contributed by atoms with Gasteiger partial charge in [-0.05, 0) is 52.8 Å². The average molecular weight is 367 g/mol. The molecule has 2 aromatic rings. The number of aliphatic carboxylic acids is 1. The molecule has 0 aromatic heterocycles. The maximum atomic E-state index is 10.7. The van der Waals surface area contributed by atoms with Crippen molar-refractivity contribution in [2.24, 2.45) is 0 Å². The SMILES string of the molecule is CC(C)c1cc(Cc2c(Cl)cc(CCC(=O)O)cc2Cl)ccc1O. The molecule has 0 saturated heterocycles. The van der Waals surface area contributed by atoms with Crippen LogP contribution in [0.1, 0.15) is 48.4 Å². The summed E-state index contributed by atoms with van der Waals surface area (Å²) < 4.78 is 0. The van der Waals surface area contributed by atoms with Crippen molar-refractivity contribution in [3.8, 4) is 5.75 Å². The molecule has 0 radical (unpaired) electrons. The van der Waals surface area contributed by atoms with Crippen LogP contribution in [0.3, 0.4) is 0 Å². The van der Waals surface area contributed by atoms with Crippen molar-refractivity contribution in [2.75, 3.05) is 0 Å². The van der Waals surface area contributed by atoms with Crippen LogP contribution >= 0.6 is 23.2 Å². The summed E-state index contributed by atoms with van der Waals surface area (Å²) in [7, 11) is 0. The number of phenolic OH excluding ortho intramolecular Hbond substituents is 1. The number of halogens is 2. The van der Waals surface area contributed by atoms with Crippen LogP contribution in [0, 0.1) is 0 Å². The van der Waals surface area contributed by atoms with Crippen LogP contribution in [0.2, 0.25) is 10.0 Å². The van der Waals surface area contributed by atoms with Gasteiger partial charge in [-0.3, -0.25) is 4.79 Å². The Bertz CT molecular complexity index is 731. The van der Waals surface area contributed by atoms with Gasteiger partial charge in [0.2, 0.25) is 0 Å². The lowest BCUT2D eigenvalue weighted by Crippen LogP contribution is -1.99. The van der Waals surface area contributed by atoms with Crippen molar-refractivity contribution in [1.82, 2.24) is 0 Å². The largest absolute Gasteiger partial charge is 0.508 e. The normalized spacial score (nSPS) is 11.0. The monoisotopic (exact) mass is 366 g/mol. The molecule has 5 heteroatoms. The van der Waals surface area contributed by atoms with E-state index in [2.05, 4.69) is 0 Å². The third-order valence-corrected chi connectivity index (χ3v) is 4.60. The summed E-state index contributed by atoms with van der Waals surface area (Å²) in [5, 5.41) is 19.7. The maximum absolute atomic E-state index is 10.7. The second-order valence-corrected chi connectivity index (χ2v) is 6.97. The van der Waals surface area contributed by atoms with Gasteiger partial charge >= 0.3 is 5.97 Å². The fraction of sp³-hybridized carbons (Fsp3) is 0.316. The summed E-state index contributed by atoms with van der Waals surface area (Å²) >= 11 is 12.7. The molecule has 0 amide bonds. The van der Waals surface area contributed by atoms with Crippen LogP contribution in [-0.2, 0) is 17.6 Å². The lowest BCUT2D eigenvalue weighted by atomic mass is 9.96. The Hall–Kier alpha value is -1.71. The van der Waals surface area contributed by atoms with Crippen molar-refractivity contribution in [3.63, 3.8) is 0 Å². The zero-order valence-electron chi connectivity index (χ0n) is 13.6. The lowest BCUT2D eigenvalue weighted by molar-refractivity contribution is -0.136. The highest BCUT2D eigenvalue weighted by molar-refractivity contribution is 6.36. The fourth-order valence-electron chi connectivity index (χ4n) is 2.60. The summed E-state index contributed by atoms with van der Waals surface area (Å²) in [6.07, 6.45) is 0.990. The second-order valence-electron chi connectivity index (χ2n) is 6.16. The lowest BCUT2D eigenvalue weighted by Gasteiger charge is -2.13. The molecule has 0 aliphatic heterocycles. The van der Waals surface area contributed by atoms with Gasteiger partial charge in [0, 0.05) is 22.9 Å². The summed E-state index contributed by atoms with van der Waals surface area (Å²) in [5.41, 5.74) is 3.51. The predicted octanol–water partition coefficient (Wildman–Crippen LogP) is 5.43. The molecule has 0 heterocycles. The Morgan fingerprint density at radius 1 is 1.08 bits per heavy atom. The highest BCUT2D eigenvalue weighted by Crippen LogP contribution is 2.32. The van der Waals surface area contributed by atoms with Crippen molar-refractivity contribution < 1.29 is 15.0 Å². The van der Waals surface area contributed by atoms with Gasteiger partial charge in [0.05, 0.1) is 0 Å². The van der Waals surface area contributed by atoms with Gasteiger partial charge in [-0.25, -0.2) is 0 Å². The maximum Gasteiger partial charge on any atom is 0.303 e. The Labute approximate surface area is 151 Å². The molecule has 0 aliphatic rings. The van der Waals surface area contributed by atoms with Crippen LogP contribution in [0.4, 0.5) is 0 Å². The first kappa shape index (κ1) is 18.6. The van der Waals surface area contributed by atoms with Gasteiger partial charge in [-0.2, -0.15) is 0 Å². The molecule has 24 heavy (non-hydrogen) atoms. The first-order valence-corrected chi connectivity index (χ1v) is 8.54. The number of aromatic hydroxyl groups is 1. The molecule has 3 nitrogen and oxygen atoms in total. The standard InChI is InChI=1S/C19H20Cl2O3/c1-11(2)14-7-12(3-5-18(14)22)8-15-16(20)9-13(10-17(15)21)4-6-19(23)24/h3,5,7,9-11,22H,4,6,8H2,1-2H3,(H,23,24). The van der Waals surface area contributed by atoms with Crippen molar-refractivity contribution in [3.05, 3.63) is 62.6 Å². The highest BCUT2D eigenvalue weighted by Gasteiger charge is 2.12. The molecule has 0 bridgehead atoms. The van der Waals surface area contributed by atoms with Gasteiger partial charge in [-0.15, -0.1) is 0 Å². The minimum Gasteiger partial charge on any atom is -0.508 e. The van der Waals surface area contributed by atoms with E-state index < -0.39 is 5.97 Å². The molecule has 2 N–H and O–H groups in total. The molecule has 2 aromatic carbocycles. The smallest absolute Gasteiger partial charge is 0.303 e. The van der Waals surface area contributed by atoms with Gasteiger partial charge in [0.15, 0.2) is 0 Å². The molecule has 0 unspecified atom stereocenters. The Morgan fingerprint density at radius 3 is 2.25 bits per heavy atom. The minimum atomic E-state index is -0.850. The van der Waals surface area contributed by atoms with Crippen LogP contribution < -0.4 is 0 Å². The number of carboxylic acids is 1. The number of hydrogen-bond donors (Lipinski definition) is 2. The molecular weight excluding hydrogens is 347 g/mol. The molecule has 2 rings (SSSR count). The van der Waals surface area contributed by atoms with Crippen LogP contribution in [0.5, 0.6) is 5.75 Å². The van der Waals surface area contributed by atoms with Crippen LogP contribution in [0.25, 0.3) is 0 Å². The third-order valence-electron chi connectivity index (χ3n) is 3.92. The number of benzene rings is 2. The predicted molar refractivity (Wildman–Crippen MR) is 97.4 cm³/mol. The van der Waals surface area contributed by atoms with E-state index in [1.807, 2.05) is 26.0 Å². The van der Waals surface area contributed by atoms with Gasteiger partial charge in [-0.1, -0.05) is 49.2 Å². The molecule has 0 aliphatic carbocycles. The van der Waals surface area contributed by atoms with Crippen LogP contribution in [-0.4, -0.2) is 16.2 Å². The van der Waals surface area contributed by atoms with E-state index in [4.69, 9.17) is 28.3 Å². The van der Waals surface area contributed by atoms with E-state index >= 15 is 0 Å². The van der Waals surface area contributed by atoms with Crippen molar-refractivity contribution in [1.29, 1.82) is 0 Å². The summed E-state index contributed by atoms with van der Waals surface area (Å²) in [6, 6.07) is 9.05. The van der Waals surface area contributed by atoms with E-state index in [1.54, 1.807) is 18.2 Å². The number of rotatable bonds is 6. The van der Waals surface area contributed by atoms with E-state index in [9.17, 15) is 9.90 Å². The summed E-state index contributed by atoms with van der Waals surface area (Å²) in [4.78, 5) is 10.7. The summed E-state index contributed by atoms with van der Waals surface area (Å²) in [5.74, 6) is -0.346. The van der Waals surface area contributed by atoms with E-state index in [-0.39, 0.29) is 18.1 Å². The van der Waals surface area contributed by atoms with Gasteiger partial charge in [0.25, 0.3) is 0 Å². The number of phenols is 1. The fourth-order valence-corrected chi connectivity index (χ4v) is 3.27. The first-order valence-electron chi connectivity index (χ1n) is 7.78. The first-order chi connectivity index (χ1) is 11.3. The topological polar surface area (TPSA) is 57.5 Å². The van der Waals surface area contributed by atoms with E-state index in [0.29, 0.717) is 22.9 Å². The molecule has 0 spiro atoms. The Kier molecular flexibility index (Phi) is 6.14. The number of carboxylic acid groups (broad SMARTS) is 1. The average Bonchev–Trinajstić information content (AvgIpc) is 2.50.